The molecule has 0 spiro atoms. The van der Waals surface area contributed by atoms with Crippen molar-refractivity contribution in [2.75, 3.05) is 0 Å². The van der Waals surface area contributed by atoms with Crippen molar-refractivity contribution in [2.45, 2.75) is 0 Å². The Labute approximate surface area is 153 Å². The van der Waals surface area contributed by atoms with Gasteiger partial charge in [0.05, 0.1) is 5.69 Å². The summed E-state index contributed by atoms with van der Waals surface area (Å²) in [7, 11) is 0. The molecule has 1 aromatic carbocycles. The second-order valence-corrected chi connectivity index (χ2v) is 6.26. The summed E-state index contributed by atoms with van der Waals surface area (Å²) < 4.78 is 1.73. The summed E-state index contributed by atoms with van der Waals surface area (Å²) in [5, 5.41) is 5.98. The van der Waals surface area contributed by atoms with Crippen LogP contribution in [0.4, 0.5) is 0 Å². The lowest BCUT2D eigenvalue weighted by Gasteiger charge is -2.07. The molecule has 0 radical (unpaired) electrons. The van der Waals surface area contributed by atoms with Gasteiger partial charge in [-0.25, -0.2) is 9.97 Å². The third kappa shape index (κ3) is 2.41. The number of nitrogens with zero attached hydrogens (tertiary/aromatic N) is 5. The number of halogens is 1. The fraction of sp³-hybridized carbons (Fsp3) is 0. The highest BCUT2D eigenvalue weighted by molar-refractivity contribution is 6.32. The summed E-state index contributed by atoms with van der Waals surface area (Å²) >= 11 is 6.48. The van der Waals surface area contributed by atoms with E-state index in [-0.39, 0.29) is 0 Å². The second kappa shape index (κ2) is 5.89. The summed E-state index contributed by atoms with van der Waals surface area (Å²) in [6.45, 7) is 0. The molecule has 0 amide bonds. The van der Waals surface area contributed by atoms with E-state index in [1.54, 1.807) is 23.1 Å². The lowest BCUT2D eigenvalue weighted by atomic mass is 10.1. The van der Waals surface area contributed by atoms with E-state index in [4.69, 9.17) is 11.6 Å². The van der Waals surface area contributed by atoms with Crippen molar-refractivity contribution in [3.05, 3.63) is 78.3 Å². The van der Waals surface area contributed by atoms with Crippen molar-refractivity contribution in [2.24, 2.45) is 0 Å². The van der Waals surface area contributed by atoms with Gasteiger partial charge in [0.25, 0.3) is 0 Å². The van der Waals surface area contributed by atoms with Gasteiger partial charge < -0.3 is 0 Å². The molecule has 5 rings (SSSR count). The third-order valence-electron chi connectivity index (χ3n) is 4.27. The third-order valence-corrected chi connectivity index (χ3v) is 4.56. The minimum atomic E-state index is 0.442. The van der Waals surface area contributed by atoms with E-state index in [0.29, 0.717) is 10.8 Å². The Bertz CT molecular complexity index is 1230. The van der Waals surface area contributed by atoms with Gasteiger partial charge >= 0.3 is 0 Å². The Morgan fingerprint density at radius 3 is 2.50 bits per heavy atom. The first-order valence-corrected chi connectivity index (χ1v) is 8.48. The lowest BCUT2D eigenvalue weighted by Crippen LogP contribution is -1.97. The van der Waals surface area contributed by atoms with Crippen molar-refractivity contribution >= 4 is 28.3 Å². The van der Waals surface area contributed by atoms with Crippen LogP contribution in [0.25, 0.3) is 39.1 Å². The first kappa shape index (κ1) is 15.0. The number of hydrogen-bond acceptors (Lipinski definition) is 4. The van der Waals surface area contributed by atoms with E-state index in [1.165, 1.54) is 0 Å². The Kier molecular flexibility index (Phi) is 3.40. The molecule has 6 heteroatoms. The standard InChI is InChI=1S/C20H12ClN5/c21-19-16(13-4-2-1-3-5-13)10-15-12-23-18-11-17(14-6-8-22-9-7-14)25-26(18)20(15)24-19/h1-12H. The zero-order chi connectivity index (χ0) is 17.5. The molecule has 5 nitrogen and oxygen atoms in total. The summed E-state index contributed by atoms with van der Waals surface area (Å²) in [4.78, 5) is 13.2. The number of benzene rings is 1. The zero-order valence-electron chi connectivity index (χ0n) is 13.5. The van der Waals surface area contributed by atoms with Gasteiger partial charge in [-0.15, -0.1) is 0 Å². The van der Waals surface area contributed by atoms with Crippen molar-refractivity contribution < 1.29 is 0 Å². The molecule has 0 N–H and O–H groups in total. The van der Waals surface area contributed by atoms with Crippen molar-refractivity contribution in [1.82, 2.24) is 24.6 Å². The quantitative estimate of drug-likeness (QED) is 0.431. The molecule has 0 unspecified atom stereocenters. The van der Waals surface area contributed by atoms with E-state index in [0.717, 1.165) is 33.4 Å². The van der Waals surface area contributed by atoms with Crippen LogP contribution in [-0.4, -0.2) is 24.6 Å². The maximum atomic E-state index is 6.48. The number of fused-ring (bicyclic) bond motifs is 3. The first-order chi connectivity index (χ1) is 12.8. The molecule has 0 bridgehead atoms. The van der Waals surface area contributed by atoms with Gasteiger partial charge in [-0.2, -0.15) is 9.61 Å². The van der Waals surface area contributed by atoms with Gasteiger partial charge in [0.2, 0.25) is 0 Å². The molecule has 26 heavy (non-hydrogen) atoms. The maximum Gasteiger partial charge on any atom is 0.166 e. The Morgan fingerprint density at radius 1 is 0.885 bits per heavy atom. The molecule has 5 aromatic rings. The van der Waals surface area contributed by atoms with Crippen LogP contribution in [0.2, 0.25) is 5.15 Å². The minimum Gasteiger partial charge on any atom is -0.265 e. The fourth-order valence-corrected chi connectivity index (χ4v) is 3.24. The predicted molar refractivity (Wildman–Crippen MR) is 102 cm³/mol. The van der Waals surface area contributed by atoms with Gasteiger partial charge in [0.1, 0.15) is 5.15 Å². The number of hydrogen-bond donors (Lipinski definition) is 0. The summed E-state index contributed by atoms with van der Waals surface area (Å²) in [6.07, 6.45) is 5.29. The fourth-order valence-electron chi connectivity index (χ4n) is 3.00. The van der Waals surface area contributed by atoms with Crippen LogP contribution in [0.15, 0.2) is 73.2 Å². The summed E-state index contributed by atoms with van der Waals surface area (Å²) in [6, 6.07) is 17.7. The van der Waals surface area contributed by atoms with E-state index < -0.39 is 0 Å². The van der Waals surface area contributed by atoms with Gasteiger partial charge in [0.15, 0.2) is 11.3 Å². The normalized spacial score (nSPS) is 11.3. The van der Waals surface area contributed by atoms with Crippen LogP contribution in [0.1, 0.15) is 0 Å². The van der Waals surface area contributed by atoms with E-state index in [2.05, 4.69) is 20.1 Å². The molecule has 0 aliphatic carbocycles. The molecule has 0 atom stereocenters. The maximum absolute atomic E-state index is 6.48. The van der Waals surface area contributed by atoms with Gasteiger partial charge in [-0.05, 0) is 23.8 Å². The van der Waals surface area contributed by atoms with Crippen LogP contribution in [0, 0.1) is 0 Å². The van der Waals surface area contributed by atoms with Crippen LogP contribution < -0.4 is 0 Å². The van der Waals surface area contributed by atoms with Gasteiger partial charge in [0, 0.05) is 41.2 Å². The lowest BCUT2D eigenvalue weighted by molar-refractivity contribution is 0.967. The van der Waals surface area contributed by atoms with Crippen molar-refractivity contribution in [3.8, 4) is 22.4 Å². The Hall–Kier alpha value is -3.31. The van der Waals surface area contributed by atoms with E-state index >= 15 is 0 Å². The van der Waals surface area contributed by atoms with Gasteiger partial charge in [-0.3, -0.25) is 4.98 Å². The highest BCUT2D eigenvalue weighted by Crippen LogP contribution is 2.30. The molecule has 0 saturated heterocycles. The first-order valence-electron chi connectivity index (χ1n) is 8.10. The highest BCUT2D eigenvalue weighted by Gasteiger charge is 2.13. The summed E-state index contributed by atoms with van der Waals surface area (Å²) in [5.74, 6) is 0. The van der Waals surface area contributed by atoms with Crippen molar-refractivity contribution in [3.63, 3.8) is 0 Å². The molecule has 0 fully saturated rings. The Balaban J connectivity index is 1.73. The molecular formula is C20H12ClN5. The summed E-state index contributed by atoms with van der Waals surface area (Å²) in [5.41, 5.74) is 5.09. The molecule has 4 heterocycles. The predicted octanol–water partition coefficient (Wildman–Crippen LogP) is 4.66. The monoisotopic (exact) mass is 357 g/mol. The molecule has 124 valence electrons. The molecular weight excluding hydrogens is 346 g/mol. The number of rotatable bonds is 2. The SMILES string of the molecule is Clc1nc2c(cnc3cc(-c4ccncc4)nn32)cc1-c1ccccc1. The van der Waals surface area contributed by atoms with Crippen LogP contribution in [0.3, 0.4) is 0 Å². The van der Waals surface area contributed by atoms with Crippen LogP contribution in [-0.2, 0) is 0 Å². The van der Waals surface area contributed by atoms with E-state index in [1.807, 2.05) is 54.6 Å². The van der Waals surface area contributed by atoms with Crippen molar-refractivity contribution in [1.29, 1.82) is 0 Å². The molecule has 0 saturated carbocycles. The zero-order valence-corrected chi connectivity index (χ0v) is 14.3. The number of aromatic nitrogens is 5. The molecule has 4 aromatic heterocycles. The second-order valence-electron chi connectivity index (χ2n) is 5.90. The largest absolute Gasteiger partial charge is 0.265 e. The average molecular weight is 358 g/mol. The van der Waals surface area contributed by atoms with Gasteiger partial charge in [-0.1, -0.05) is 41.9 Å². The minimum absolute atomic E-state index is 0.442. The van der Waals surface area contributed by atoms with Crippen LogP contribution >= 0.6 is 11.6 Å². The molecule has 0 aliphatic heterocycles. The highest BCUT2D eigenvalue weighted by atomic mass is 35.5. The van der Waals surface area contributed by atoms with E-state index in [9.17, 15) is 0 Å². The number of pyridine rings is 2. The topological polar surface area (TPSA) is 56.0 Å². The average Bonchev–Trinajstić information content (AvgIpc) is 3.14. The van der Waals surface area contributed by atoms with Crippen LogP contribution in [0.5, 0.6) is 0 Å². The Morgan fingerprint density at radius 2 is 1.69 bits per heavy atom. The molecule has 0 aliphatic rings. The smallest absolute Gasteiger partial charge is 0.166 e.